The molecule has 0 aliphatic carbocycles. The Kier molecular flexibility index (Phi) is 6.75. The fourth-order valence-electron chi connectivity index (χ4n) is 2.55. The second-order valence-electron chi connectivity index (χ2n) is 6.22. The van der Waals surface area contributed by atoms with E-state index in [-0.39, 0.29) is 0 Å². The Morgan fingerprint density at radius 2 is 1.52 bits per heavy atom. The lowest BCUT2D eigenvalue weighted by atomic mass is 10.0. The van der Waals surface area contributed by atoms with E-state index in [2.05, 4.69) is 10.9 Å². The number of amides is 2. The fourth-order valence-corrected chi connectivity index (χ4v) is 3.00. The molecular weight excluding hydrogens is 411 g/mol. The highest BCUT2D eigenvalue weighted by Gasteiger charge is 2.17. The van der Waals surface area contributed by atoms with Gasteiger partial charge in [-0.3, -0.25) is 20.4 Å². The summed E-state index contributed by atoms with van der Waals surface area (Å²) in [6, 6.07) is 21.6. The molecule has 7 heteroatoms. The van der Waals surface area contributed by atoms with E-state index >= 15 is 0 Å². The van der Waals surface area contributed by atoms with Crippen LogP contribution in [0.15, 0.2) is 72.8 Å². The summed E-state index contributed by atoms with van der Waals surface area (Å²) < 4.78 is 5.51. The monoisotopic (exact) mass is 428 g/mol. The summed E-state index contributed by atoms with van der Waals surface area (Å²) in [5.74, 6) is -0.637. The van der Waals surface area contributed by atoms with Gasteiger partial charge in [0, 0.05) is 10.6 Å². The first-order chi connectivity index (χ1) is 13.9. The van der Waals surface area contributed by atoms with Crippen LogP contribution in [0.2, 0.25) is 10.0 Å². The number of hydrogen-bond acceptors (Lipinski definition) is 3. The van der Waals surface area contributed by atoms with E-state index in [1.807, 2.05) is 42.5 Å². The maximum Gasteiger partial charge on any atom is 0.279 e. The number of hydrazine groups is 1. The fraction of sp³-hybridized carbons (Fsp3) is 0.0909. The molecule has 0 aromatic heterocycles. The Hall–Kier alpha value is -3.02. The van der Waals surface area contributed by atoms with Crippen LogP contribution in [-0.4, -0.2) is 17.9 Å². The quantitative estimate of drug-likeness (QED) is 0.568. The zero-order valence-electron chi connectivity index (χ0n) is 15.5. The van der Waals surface area contributed by atoms with Gasteiger partial charge in [-0.2, -0.15) is 0 Å². The number of benzene rings is 3. The van der Waals surface area contributed by atoms with Crippen molar-refractivity contribution in [3.63, 3.8) is 0 Å². The van der Waals surface area contributed by atoms with E-state index in [1.54, 1.807) is 31.2 Å². The third kappa shape index (κ3) is 5.50. The standard InChI is InChI=1S/C22H18Cl2N2O3/c1-14(29-20-12-11-18(23)13-19(20)24)21(27)25-26-22(28)17-9-7-16(8-10-17)15-5-3-2-4-6-15/h2-14H,1H3,(H,25,27)(H,26,28). The van der Waals surface area contributed by atoms with Gasteiger partial charge in [0.25, 0.3) is 11.8 Å². The molecule has 0 heterocycles. The van der Waals surface area contributed by atoms with Crippen molar-refractivity contribution in [3.05, 3.63) is 88.4 Å². The van der Waals surface area contributed by atoms with Crippen molar-refractivity contribution in [3.8, 4) is 16.9 Å². The van der Waals surface area contributed by atoms with Crippen LogP contribution in [0.25, 0.3) is 11.1 Å². The van der Waals surface area contributed by atoms with Crippen molar-refractivity contribution >= 4 is 35.0 Å². The molecule has 2 amide bonds. The molecule has 3 rings (SSSR count). The maximum atomic E-state index is 12.3. The van der Waals surface area contributed by atoms with Gasteiger partial charge in [0.1, 0.15) is 5.75 Å². The summed E-state index contributed by atoms with van der Waals surface area (Å²) in [6.45, 7) is 1.54. The van der Waals surface area contributed by atoms with E-state index in [0.717, 1.165) is 11.1 Å². The first kappa shape index (κ1) is 20.7. The van der Waals surface area contributed by atoms with E-state index in [9.17, 15) is 9.59 Å². The lowest BCUT2D eigenvalue weighted by Gasteiger charge is -2.16. The minimum absolute atomic E-state index is 0.291. The summed E-state index contributed by atoms with van der Waals surface area (Å²) in [6.07, 6.45) is -0.880. The van der Waals surface area contributed by atoms with Crippen LogP contribution in [0.1, 0.15) is 17.3 Å². The van der Waals surface area contributed by atoms with E-state index < -0.39 is 17.9 Å². The molecule has 3 aromatic carbocycles. The number of carbonyl (C=O) groups excluding carboxylic acids is 2. The second kappa shape index (κ2) is 9.45. The minimum atomic E-state index is -0.880. The van der Waals surface area contributed by atoms with Crippen molar-refractivity contribution < 1.29 is 14.3 Å². The molecule has 29 heavy (non-hydrogen) atoms. The summed E-state index contributed by atoms with van der Waals surface area (Å²) in [7, 11) is 0. The molecule has 1 unspecified atom stereocenters. The summed E-state index contributed by atoms with van der Waals surface area (Å²) in [5.41, 5.74) is 7.19. The van der Waals surface area contributed by atoms with Gasteiger partial charge < -0.3 is 4.74 Å². The zero-order valence-corrected chi connectivity index (χ0v) is 17.0. The van der Waals surface area contributed by atoms with Crippen LogP contribution in [0.3, 0.4) is 0 Å². The average Bonchev–Trinajstić information content (AvgIpc) is 2.74. The van der Waals surface area contributed by atoms with Crippen LogP contribution in [0, 0.1) is 0 Å². The number of ether oxygens (including phenoxy) is 1. The predicted octanol–water partition coefficient (Wildman–Crippen LogP) is 4.89. The Bertz CT molecular complexity index is 1010. The van der Waals surface area contributed by atoms with Crippen molar-refractivity contribution in [2.45, 2.75) is 13.0 Å². The number of hydrogen-bond donors (Lipinski definition) is 2. The molecule has 0 aliphatic rings. The molecule has 0 saturated carbocycles. The third-order valence-electron chi connectivity index (χ3n) is 4.12. The lowest BCUT2D eigenvalue weighted by Crippen LogP contribution is -2.47. The van der Waals surface area contributed by atoms with Gasteiger partial charge in [0.15, 0.2) is 6.10 Å². The summed E-state index contributed by atoms with van der Waals surface area (Å²) in [5, 5.41) is 0.754. The van der Waals surface area contributed by atoms with Crippen molar-refractivity contribution in [1.82, 2.24) is 10.9 Å². The van der Waals surface area contributed by atoms with Crippen LogP contribution >= 0.6 is 23.2 Å². The lowest BCUT2D eigenvalue weighted by molar-refractivity contribution is -0.128. The van der Waals surface area contributed by atoms with E-state index in [0.29, 0.717) is 21.4 Å². The maximum absolute atomic E-state index is 12.3. The van der Waals surface area contributed by atoms with Gasteiger partial charge in [-0.1, -0.05) is 65.7 Å². The van der Waals surface area contributed by atoms with Crippen molar-refractivity contribution in [2.75, 3.05) is 0 Å². The summed E-state index contributed by atoms with van der Waals surface area (Å²) >= 11 is 11.9. The number of nitrogens with one attached hydrogen (secondary N) is 2. The summed E-state index contributed by atoms with van der Waals surface area (Å²) in [4.78, 5) is 24.4. The molecule has 0 saturated heterocycles. The van der Waals surface area contributed by atoms with Crippen LogP contribution in [0.4, 0.5) is 0 Å². The molecule has 2 N–H and O–H groups in total. The molecule has 0 bridgehead atoms. The Balaban J connectivity index is 1.55. The van der Waals surface area contributed by atoms with E-state index in [1.165, 1.54) is 6.07 Å². The van der Waals surface area contributed by atoms with Gasteiger partial charge in [-0.05, 0) is 48.4 Å². The first-order valence-electron chi connectivity index (χ1n) is 8.81. The molecule has 0 aliphatic heterocycles. The molecule has 0 spiro atoms. The van der Waals surface area contributed by atoms with Crippen LogP contribution in [0.5, 0.6) is 5.75 Å². The van der Waals surface area contributed by atoms with Crippen LogP contribution in [-0.2, 0) is 4.79 Å². The zero-order chi connectivity index (χ0) is 20.8. The minimum Gasteiger partial charge on any atom is -0.479 e. The Labute approximate surface area is 178 Å². The Morgan fingerprint density at radius 1 is 0.862 bits per heavy atom. The predicted molar refractivity (Wildman–Crippen MR) is 114 cm³/mol. The highest BCUT2D eigenvalue weighted by Crippen LogP contribution is 2.28. The average molecular weight is 429 g/mol. The van der Waals surface area contributed by atoms with E-state index in [4.69, 9.17) is 27.9 Å². The number of halogens is 2. The molecular formula is C22H18Cl2N2O3. The van der Waals surface area contributed by atoms with Gasteiger partial charge >= 0.3 is 0 Å². The van der Waals surface area contributed by atoms with Gasteiger partial charge in [0.05, 0.1) is 5.02 Å². The molecule has 0 fully saturated rings. The van der Waals surface area contributed by atoms with Gasteiger partial charge in [-0.15, -0.1) is 0 Å². The normalized spacial score (nSPS) is 11.4. The van der Waals surface area contributed by atoms with Crippen LogP contribution < -0.4 is 15.6 Å². The SMILES string of the molecule is CC(Oc1ccc(Cl)cc1Cl)C(=O)NNC(=O)c1ccc(-c2ccccc2)cc1. The number of carbonyl (C=O) groups is 2. The van der Waals surface area contributed by atoms with Crippen molar-refractivity contribution in [1.29, 1.82) is 0 Å². The largest absolute Gasteiger partial charge is 0.479 e. The smallest absolute Gasteiger partial charge is 0.279 e. The molecule has 1 atom stereocenters. The number of rotatable bonds is 5. The molecule has 0 radical (unpaired) electrons. The van der Waals surface area contributed by atoms with Gasteiger partial charge in [-0.25, -0.2) is 0 Å². The molecule has 5 nitrogen and oxygen atoms in total. The van der Waals surface area contributed by atoms with Gasteiger partial charge in [0.2, 0.25) is 0 Å². The topological polar surface area (TPSA) is 67.4 Å². The second-order valence-corrected chi connectivity index (χ2v) is 7.07. The molecule has 3 aromatic rings. The third-order valence-corrected chi connectivity index (χ3v) is 4.65. The highest BCUT2D eigenvalue weighted by atomic mass is 35.5. The van der Waals surface area contributed by atoms with Crippen molar-refractivity contribution in [2.24, 2.45) is 0 Å². The highest BCUT2D eigenvalue weighted by molar-refractivity contribution is 6.35. The first-order valence-corrected chi connectivity index (χ1v) is 9.57. The Morgan fingerprint density at radius 3 is 2.17 bits per heavy atom. The molecule has 148 valence electrons.